The molecule has 1 aromatic rings. The van der Waals surface area contributed by atoms with Crippen LogP contribution in [-0.4, -0.2) is 19.0 Å². The smallest absolute Gasteiger partial charge is 0.253 e. The van der Waals surface area contributed by atoms with E-state index in [9.17, 15) is 4.79 Å². The molecule has 0 radical (unpaired) electrons. The molecule has 1 aromatic carbocycles. The number of benzene rings is 1. The van der Waals surface area contributed by atoms with Gasteiger partial charge >= 0.3 is 0 Å². The van der Waals surface area contributed by atoms with Gasteiger partial charge in [0.25, 0.3) is 5.91 Å². The fourth-order valence-corrected chi connectivity index (χ4v) is 1.24. The second-order valence-corrected chi connectivity index (χ2v) is 3.29. The summed E-state index contributed by atoms with van der Waals surface area (Å²) < 4.78 is 0. The summed E-state index contributed by atoms with van der Waals surface area (Å²) in [5.74, 6) is -0.0904. The summed E-state index contributed by atoms with van der Waals surface area (Å²) in [6.07, 6.45) is 1.69. The summed E-state index contributed by atoms with van der Waals surface area (Å²) in [5.41, 5.74) is 1.47. The Labute approximate surface area is 90.2 Å². The first-order valence-electron chi connectivity index (χ1n) is 4.89. The first-order chi connectivity index (χ1) is 7.19. The number of anilines is 1. The van der Waals surface area contributed by atoms with Gasteiger partial charge in [0, 0.05) is 18.8 Å². The highest BCUT2D eigenvalue weighted by molar-refractivity contribution is 5.99. The maximum absolute atomic E-state index is 11.8. The lowest BCUT2D eigenvalue weighted by molar-refractivity contribution is 0.0948. The van der Waals surface area contributed by atoms with E-state index < -0.39 is 0 Å². The minimum atomic E-state index is -0.0904. The standard InChI is InChI=1S/C12H16N2O/c1-4-9(2)14-12(15)10-7-5-6-8-11(10)13-3/h4-9,13H,1H2,2-3H3,(H,14,15). The molecule has 3 nitrogen and oxygen atoms in total. The Hall–Kier alpha value is -1.77. The van der Waals surface area contributed by atoms with E-state index in [1.54, 1.807) is 19.2 Å². The third kappa shape index (κ3) is 2.84. The zero-order valence-electron chi connectivity index (χ0n) is 9.08. The lowest BCUT2D eigenvalue weighted by atomic mass is 10.1. The molecule has 1 unspecified atom stereocenters. The van der Waals surface area contributed by atoms with E-state index in [1.807, 2.05) is 25.1 Å². The van der Waals surface area contributed by atoms with Gasteiger partial charge in [0.15, 0.2) is 0 Å². The van der Waals surface area contributed by atoms with Gasteiger partial charge in [-0.25, -0.2) is 0 Å². The summed E-state index contributed by atoms with van der Waals surface area (Å²) in [5, 5.41) is 5.80. The highest BCUT2D eigenvalue weighted by Gasteiger charge is 2.10. The van der Waals surface area contributed by atoms with Gasteiger partial charge in [0.2, 0.25) is 0 Å². The van der Waals surface area contributed by atoms with Crippen LogP contribution in [0.4, 0.5) is 5.69 Å². The normalized spacial score (nSPS) is 11.6. The number of amides is 1. The molecule has 3 heteroatoms. The Bertz CT molecular complexity index is 360. The fourth-order valence-electron chi connectivity index (χ4n) is 1.24. The topological polar surface area (TPSA) is 41.1 Å². The monoisotopic (exact) mass is 204 g/mol. The van der Waals surface area contributed by atoms with E-state index in [-0.39, 0.29) is 11.9 Å². The Morgan fingerprint density at radius 3 is 2.73 bits per heavy atom. The van der Waals surface area contributed by atoms with Gasteiger partial charge in [-0.05, 0) is 19.1 Å². The van der Waals surface area contributed by atoms with Crippen LogP contribution in [0.25, 0.3) is 0 Å². The van der Waals surface area contributed by atoms with Crippen molar-refractivity contribution in [3.05, 3.63) is 42.5 Å². The first kappa shape index (κ1) is 11.3. The van der Waals surface area contributed by atoms with Crippen LogP contribution in [0.5, 0.6) is 0 Å². The molecule has 0 spiro atoms. The lowest BCUT2D eigenvalue weighted by Crippen LogP contribution is -2.31. The molecule has 0 aliphatic heterocycles. The predicted octanol–water partition coefficient (Wildman–Crippen LogP) is 2.03. The van der Waals surface area contributed by atoms with Crippen LogP contribution in [0.15, 0.2) is 36.9 Å². The molecule has 2 N–H and O–H groups in total. The third-order valence-corrected chi connectivity index (χ3v) is 2.15. The fraction of sp³-hybridized carbons (Fsp3) is 0.250. The van der Waals surface area contributed by atoms with Crippen molar-refractivity contribution in [3.63, 3.8) is 0 Å². The molecule has 0 saturated carbocycles. The van der Waals surface area contributed by atoms with Gasteiger partial charge in [-0.2, -0.15) is 0 Å². The van der Waals surface area contributed by atoms with Crippen molar-refractivity contribution in [1.82, 2.24) is 5.32 Å². The molecule has 1 rings (SSSR count). The van der Waals surface area contributed by atoms with Gasteiger partial charge in [0.05, 0.1) is 5.56 Å². The summed E-state index contributed by atoms with van der Waals surface area (Å²) in [6, 6.07) is 7.36. The Kier molecular flexibility index (Phi) is 3.92. The summed E-state index contributed by atoms with van der Waals surface area (Å²) >= 11 is 0. The van der Waals surface area contributed by atoms with Crippen LogP contribution in [-0.2, 0) is 0 Å². The SMILES string of the molecule is C=CC(C)NC(=O)c1ccccc1NC. The van der Waals surface area contributed by atoms with Crippen LogP contribution in [0, 0.1) is 0 Å². The second-order valence-electron chi connectivity index (χ2n) is 3.29. The lowest BCUT2D eigenvalue weighted by Gasteiger charge is -2.12. The van der Waals surface area contributed by atoms with Gasteiger partial charge in [-0.15, -0.1) is 6.58 Å². The predicted molar refractivity (Wildman–Crippen MR) is 63.1 cm³/mol. The van der Waals surface area contributed by atoms with Crippen molar-refractivity contribution >= 4 is 11.6 Å². The summed E-state index contributed by atoms with van der Waals surface area (Å²) in [6.45, 7) is 5.50. The Balaban J connectivity index is 2.85. The van der Waals surface area contributed by atoms with Crippen molar-refractivity contribution in [3.8, 4) is 0 Å². The van der Waals surface area contributed by atoms with Gasteiger partial charge in [0.1, 0.15) is 0 Å². The molecule has 0 fully saturated rings. The molecular formula is C12H16N2O. The number of hydrogen-bond donors (Lipinski definition) is 2. The number of nitrogens with one attached hydrogen (secondary N) is 2. The average Bonchev–Trinajstić information content (AvgIpc) is 2.28. The average molecular weight is 204 g/mol. The summed E-state index contributed by atoms with van der Waals surface area (Å²) in [4.78, 5) is 11.8. The molecule has 0 saturated heterocycles. The van der Waals surface area contributed by atoms with Crippen LogP contribution < -0.4 is 10.6 Å². The molecule has 0 aliphatic rings. The minimum absolute atomic E-state index is 0.0255. The molecule has 0 bridgehead atoms. The molecule has 0 heterocycles. The van der Waals surface area contributed by atoms with Crippen molar-refractivity contribution < 1.29 is 4.79 Å². The molecule has 15 heavy (non-hydrogen) atoms. The number of hydrogen-bond acceptors (Lipinski definition) is 2. The Morgan fingerprint density at radius 1 is 1.47 bits per heavy atom. The Morgan fingerprint density at radius 2 is 2.13 bits per heavy atom. The van der Waals surface area contributed by atoms with E-state index in [2.05, 4.69) is 17.2 Å². The van der Waals surface area contributed by atoms with Gasteiger partial charge < -0.3 is 10.6 Å². The molecule has 0 aliphatic carbocycles. The van der Waals surface area contributed by atoms with E-state index >= 15 is 0 Å². The van der Waals surface area contributed by atoms with Crippen LogP contribution in [0.3, 0.4) is 0 Å². The first-order valence-corrected chi connectivity index (χ1v) is 4.89. The zero-order valence-corrected chi connectivity index (χ0v) is 9.08. The molecule has 80 valence electrons. The molecular weight excluding hydrogens is 188 g/mol. The maximum atomic E-state index is 11.8. The van der Waals surface area contributed by atoms with E-state index in [0.717, 1.165) is 5.69 Å². The van der Waals surface area contributed by atoms with Gasteiger partial charge in [-0.1, -0.05) is 18.2 Å². The molecule has 1 atom stereocenters. The number of carbonyl (C=O) groups is 1. The molecule has 1 amide bonds. The maximum Gasteiger partial charge on any atom is 0.253 e. The van der Waals surface area contributed by atoms with Crippen molar-refractivity contribution in [2.45, 2.75) is 13.0 Å². The largest absolute Gasteiger partial charge is 0.387 e. The number of carbonyl (C=O) groups excluding carboxylic acids is 1. The third-order valence-electron chi connectivity index (χ3n) is 2.15. The van der Waals surface area contributed by atoms with E-state index in [1.165, 1.54) is 0 Å². The van der Waals surface area contributed by atoms with Crippen LogP contribution in [0.1, 0.15) is 17.3 Å². The summed E-state index contributed by atoms with van der Waals surface area (Å²) in [7, 11) is 1.79. The highest BCUT2D eigenvalue weighted by atomic mass is 16.1. The van der Waals surface area contributed by atoms with Crippen LogP contribution >= 0.6 is 0 Å². The van der Waals surface area contributed by atoms with Crippen molar-refractivity contribution in [1.29, 1.82) is 0 Å². The number of para-hydroxylation sites is 1. The minimum Gasteiger partial charge on any atom is -0.387 e. The van der Waals surface area contributed by atoms with E-state index in [4.69, 9.17) is 0 Å². The van der Waals surface area contributed by atoms with E-state index in [0.29, 0.717) is 5.56 Å². The van der Waals surface area contributed by atoms with Gasteiger partial charge in [-0.3, -0.25) is 4.79 Å². The zero-order chi connectivity index (χ0) is 11.3. The highest BCUT2D eigenvalue weighted by Crippen LogP contribution is 2.13. The quantitative estimate of drug-likeness (QED) is 0.737. The number of rotatable bonds is 4. The second kappa shape index (κ2) is 5.20. The van der Waals surface area contributed by atoms with Crippen LogP contribution in [0.2, 0.25) is 0 Å². The molecule has 0 aromatic heterocycles. The van der Waals surface area contributed by atoms with Crippen molar-refractivity contribution in [2.24, 2.45) is 0 Å². The van der Waals surface area contributed by atoms with Crippen molar-refractivity contribution in [2.75, 3.05) is 12.4 Å².